The molecule has 0 saturated carbocycles. The van der Waals surface area contributed by atoms with Gasteiger partial charge in [-0.1, -0.05) is 37.6 Å². The molecule has 1 heterocycles. The van der Waals surface area contributed by atoms with Gasteiger partial charge in [0.25, 0.3) is 0 Å². The summed E-state index contributed by atoms with van der Waals surface area (Å²) in [5.74, 6) is -0.399. The molecule has 1 aromatic carbocycles. The average molecular weight is 286 g/mol. The number of anilines is 1. The first-order valence-electron chi connectivity index (χ1n) is 7.24. The summed E-state index contributed by atoms with van der Waals surface area (Å²) < 4.78 is 1.53. The minimum absolute atomic E-state index is 0.0990. The van der Waals surface area contributed by atoms with Crippen LogP contribution in [-0.2, 0) is 17.8 Å². The highest BCUT2D eigenvalue weighted by Crippen LogP contribution is 2.19. The van der Waals surface area contributed by atoms with E-state index in [9.17, 15) is 4.79 Å². The van der Waals surface area contributed by atoms with Crippen molar-refractivity contribution in [2.45, 2.75) is 39.3 Å². The third-order valence-electron chi connectivity index (χ3n) is 3.35. The SMILES string of the molecule is CCCc1ccc(C(C)Nc2cnn(CC(N)=O)c2)cc1. The van der Waals surface area contributed by atoms with Crippen LogP contribution >= 0.6 is 0 Å². The highest BCUT2D eigenvalue weighted by molar-refractivity contribution is 5.73. The Kier molecular flexibility index (Phi) is 4.98. The highest BCUT2D eigenvalue weighted by atomic mass is 16.1. The van der Waals surface area contributed by atoms with E-state index < -0.39 is 5.91 Å². The molecular formula is C16H22N4O. The van der Waals surface area contributed by atoms with Crippen molar-refractivity contribution in [3.05, 3.63) is 47.8 Å². The fourth-order valence-corrected chi connectivity index (χ4v) is 2.28. The molecule has 1 aromatic heterocycles. The smallest absolute Gasteiger partial charge is 0.239 e. The van der Waals surface area contributed by atoms with Gasteiger partial charge >= 0.3 is 0 Å². The summed E-state index contributed by atoms with van der Waals surface area (Å²) in [5, 5.41) is 7.46. The molecule has 1 atom stereocenters. The molecule has 0 aliphatic carbocycles. The first-order valence-corrected chi connectivity index (χ1v) is 7.24. The lowest BCUT2D eigenvalue weighted by Gasteiger charge is -2.14. The van der Waals surface area contributed by atoms with E-state index >= 15 is 0 Å². The molecule has 0 bridgehead atoms. The number of nitrogens with zero attached hydrogens (tertiary/aromatic N) is 2. The van der Waals surface area contributed by atoms with E-state index in [0.29, 0.717) is 0 Å². The van der Waals surface area contributed by atoms with E-state index in [1.54, 1.807) is 12.4 Å². The van der Waals surface area contributed by atoms with Crippen LogP contribution < -0.4 is 11.1 Å². The maximum absolute atomic E-state index is 10.8. The van der Waals surface area contributed by atoms with Gasteiger partial charge in [0.15, 0.2) is 0 Å². The molecule has 2 rings (SSSR count). The number of aryl methyl sites for hydroxylation is 1. The number of carbonyl (C=O) groups excluding carboxylic acids is 1. The zero-order valence-corrected chi connectivity index (χ0v) is 12.5. The molecule has 0 aliphatic rings. The predicted molar refractivity (Wildman–Crippen MR) is 83.9 cm³/mol. The van der Waals surface area contributed by atoms with Crippen molar-refractivity contribution in [1.29, 1.82) is 0 Å². The van der Waals surface area contributed by atoms with E-state index in [0.717, 1.165) is 18.5 Å². The lowest BCUT2D eigenvalue weighted by Crippen LogP contribution is -2.18. The van der Waals surface area contributed by atoms with Gasteiger partial charge in [-0.2, -0.15) is 5.10 Å². The van der Waals surface area contributed by atoms with Crippen LogP contribution in [0.5, 0.6) is 0 Å². The lowest BCUT2D eigenvalue weighted by atomic mass is 10.0. The van der Waals surface area contributed by atoms with Gasteiger partial charge in [-0.25, -0.2) is 0 Å². The molecule has 0 fully saturated rings. The highest BCUT2D eigenvalue weighted by Gasteiger charge is 2.07. The van der Waals surface area contributed by atoms with Crippen LogP contribution in [0.15, 0.2) is 36.7 Å². The van der Waals surface area contributed by atoms with Crippen LogP contribution in [0.2, 0.25) is 0 Å². The summed E-state index contributed by atoms with van der Waals surface area (Å²) in [5.41, 5.74) is 8.60. The zero-order valence-electron chi connectivity index (χ0n) is 12.5. The van der Waals surface area contributed by atoms with Crippen LogP contribution in [0, 0.1) is 0 Å². The summed E-state index contributed by atoms with van der Waals surface area (Å²) in [7, 11) is 0. The molecule has 1 amide bonds. The third-order valence-corrected chi connectivity index (χ3v) is 3.35. The summed E-state index contributed by atoms with van der Waals surface area (Å²) in [6.07, 6.45) is 5.76. The Balaban J connectivity index is 1.98. The van der Waals surface area contributed by atoms with Gasteiger partial charge in [-0.05, 0) is 24.5 Å². The number of nitrogens with one attached hydrogen (secondary N) is 1. The molecule has 0 radical (unpaired) electrons. The predicted octanol–water partition coefficient (Wildman–Crippen LogP) is 2.49. The fraction of sp³-hybridized carbons (Fsp3) is 0.375. The Morgan fingerprint density at radius 2 is 2.10 bits per heavy atom. The van der Waals surface area contributed by atoms with Crippen molar-refractivity contribution < 1.29 is 4.79 Å². The van der Waals surface area contributed by atoms with Crippen molar-refractivity contribution in [1.82, 2.24) is 9.78 Å². The average Bonchev–Trinajstić information content (AvgIpc) is 2.86. The van der Waals surface area contributed by atoms with Crippen LogP contribution in [-0.4, -0.2) is 15.7 Å². The monoisotopic (exact) mass is 286 g/mol. The van der Waals surface area contributed by atoms with Crippen LogP contribution in [0.4, 0.5) is 5.69 Å². The number of hydrogen-bond donors (Lipinski definition) is 2. The zero-order chi connectivity index (χ0) is 15.2. The lowest BCUT2D eigenvalue weighted by molar-refractivity contribution is -0.118. The maximum atomic E-state index is 10.8. The largest absolute Gasteiger partial charge is 0.376 e. The number of carbonyl (C=O) groups is 1. The number of hydrogen-bond acceptors (Lipinski definition) is 3. The van der Waals surface area contributed by atoms with Crippen molar-refractivity contribution in [2.24, 2.45) is 5.73 Å². The van der Waals surface area contributed by atoms with Gasteiger partial charge in [0.1, 0.15) is 6.54 Å². The fourth-order valence-electron chi connectivity index (χ4n) is 2.28. The van der Waals surface area contributed by atoms with Gasteiger partial charge in [0, 0.05) is 12.2 Å². The normalized spacial score (nSPS) is 12.1. The Bertz CT molecular complexity index is 589. The second-order valence-electron chi connectivity index (χ2n) is 5.25. The van der Waals surface area contributed by atoms with E-state index in [1.807, 2.05) is 0 Å². The van der Waals surface area contributed by atoms with Crippen LogP contribution in [0.25, 0.3) is 0 Å². The Morgan fingerprint density at radius 3 is 2.71 bits per heavy atom. The van der Waals surface area contributed by atoms with Crippen molar-refractivity contribution in [3.8, 4) is 0 Å². The molecule has 0 spiro atoms. The topological polar surface area (TPSA) is 72.9 Å². The number of rotatable bonds is 7. The first kappa shape index (κ1) is 15.1. The van der Waals surface area contributed by atoms with E-state index in [-0.39, 0.29) is 12.6 Å². The summed E-state index contributed by atoms with van der Waals surface area (Å²) in [6, 6.07) is 8.82. The van der Waals surface area contributed by atoms with Crippen molar-refractivity contribution in [2.75, 3.05) is 5.32 Å². The van der Waals surface area contributed by atoms with Crippen molar-refractivity contribution >= 4 is 11.6 Å². The minimum Gasteiger partial charge on any atom is -0.376 e. The van der Waals surface area contributed by atoms with E-state index in [1.165, 1.54) is 15.8 Å². The summed E-state index contributed by atoms with van der Waals surface area (Å²) in [6.45, 7) is 4.38. The number of amides is 1. The van der Waals surface area contributed by atoms with Crippen molar-refractivity contribution in [3.63, 3.8) is 0 Å². The number of nitrogens with two attached hydrogens (primary N) is 1. The Hall–Kier alpha value is -2.30. The molecule has 0 aliphatic heterocycles. The van der Waals surface area contributed by atoms with Crippen LogP contribution in [0.1, 0.15) is 37.4 Å². The Labute approximate surface area is 125 Å². The molecule has 1 unspecified atom stereocenters. The second kappa shape index (κ2) is 6.92. The molecule has 21 heavy (non-hydrogen) atoms. The quantitative estimate of drug-likeness (QED) is 0.821. The standard InChI is InChI=1S/C16H22N4O/c1-3-4-13-5-7-14(8-6-13)12(2)19-15-9-18-20(10-15)11-16(17)21/h5-10,12,19H,3-4,11H2,1-2H3,(H2,17,21). The second-order valence-corrected chi connectivity index (χ2v) is 5.25. The molecule has 5 heteroatoms. The molecular weight excluding hydrogens is 264 g/mol. The molecule has 5 nitrogen and oxygen atoms in total. The molecule has 112 valence electrons. The van der Waals surface area contributed by atoms with Gasteiger partial charge in [0.2, 0.25) is 5.91 Å². The van der Waals surface area contributed by atoms with Gasteiger partial charge in [-0.15, -0.1) is 0 Å². The summed E-state index contributed by atoms with van der Waals surface area (Å²) in [4.78, 5) is 10.8. The number of benzene rings is 1. The third kappa shape index (κ3) is 4.34. The minimum atomic E-state index is -0.399. The number of primary amides is 1. The van der Waals surface area contributed by atoms with Gasteiger partial charge < -0.3 is 11.1 Å². The van der Waals surface area contributed by atoms with Crippen LogP contribution in [0.3, 0.4) is 0 Å². The first-order chi connectivity index (χ1) is 10.1. The molecule has 3 N–H and O–H groups in total. The Morgan fingerprint density at radius 1 is 1.38 bits per heavy atom. The maximum Gasteiger partial charge on any atom is 0.239 e. The van der Waals surface area contributed by atoms with Gasteiger partial charge in [0.05, 0.1) is 11.9 Å². The van der Waals surface area contributed by atoms with Gasteiger partial charge in [-0.3, -0.25) is 9.48 Å². The van der Waals surface area contributed by atoms with E-state index in [2.05, 4.69) is 48.5 Å². The molecule has 2 aromatic rings. The molecule has 0 saturated heterocycles. The van der Waals surface area contributed by atoms with E-state index in [4.69, 9.17) is 5.73 Å². The number of aromatic nitrogens is 2. The summed E-state index contributed by atoms with van der Waals surface area (Å²) >= 11 is 0.